The molecule has 0 aliphatic heterocycles. The van der Waals surface area contributed by atoms with Gasteiger partial charge in [-0.25, -0.2) is 0 Å². The Morgan fingerprint density at radius 1 is 1.33 bits per heavy atom. The molecule has 4 heteroatoms. The summed E-state index contributed by atoms with van der Waals surface area (Å²) in [5.74, 6) is 0. The lowest BCUT2D eigenvalue weighted by molar-refractivity contribution is 0.686. The second kappa shape index (κ2) is 3.93. The van der Waals surface area contributed by atoms with Gasteiger partial charge in [0.2, 0.25) is 0 Å². The van der Waals surface area contributed by atoms with E-state index in [1.165, 1.54) is 0 Å². The van der Waals surface area contributed by atoms with E-state index in [2.05, 4.69) is 10.3 Å². The Morgan fingerprint density at radius 2 is 2.07 bits per heavy atom. The topological polar surface area (TPSA) is 54.5 Å². The van der Waals surface area contributed by atoms with Gasteiger partial charge in [-0.2, -0.15) is 5.26 Å². The summed E-state index contributed by atoms with van der Waals surface area (Å²) in [5.41, 5.74) is 2.41. The van der Waals surface area contributed by atoms with Gasteiger partial charge in [0.15, 0.2) is 5.69 Å². The van der Waals surface area contributed by atoms with Gasteiger partial charge in [0.25, 0.3) is 0 Å². The molecule has 0 radical (unpaired) electrons. The maximum absolute atomic E-state index is 8.84. The van der Waals surface area contributed by atoms with Crippen molar-refractivity contribution in [2.45, 2.75) is 6.42 Å². The van der Waals surface area contributed by atoms with Crippen LogP contribution in [-0.2, 0) is 13.5 Å². The number of hydrogen-bond acceptors (Lipinski definition) is 3. The van der Waals surface area contributed by atoms with E-state index in [0.29, 0.717) is 12.1 Å². The summed E-state index contributed by atoms with van der Waals surface area (Å²) in [6, 6.07) is 12.0. The fraction of sp³-hybridized carbons (Fsp3) is 0.182. The number of hydrogen-bond donors (Lipinski definition) is 0. The predicted octanol–water partition coefficient (Wildman–Crippen LogP) is 1.28. The predicted molar refractivity (Wildman–Crippen MR) is 55.0 cm³/mol. The number of benzene rings is 1. The highest BCUT2D eigenvalue weighted by Crippen LogP contribution is 2.10. The molecule has 0 spiro atoms. The minimum Gasteiger partial charge on any atom is -0.251 e. The molecule has 0 aliphatic rings. The zero-order valence-corrected chi connectivity index (χ0v) is 8.38. The lowest BCUT2D eigenvalue weighted by Crippen LogP contribution is -2.00. The second-order valence-corrected chi connectivity index (χ2v) is 3.28. The molecular formula is C11H10N4. The lowest BCUT2D eigenvalue weighted by Gasteiger charge is -2.00. The largest absolute Gasteiger partial charge is 0.251 e. The molecule has 4 nitrogen and oxygen atoms in total. The molecule has 1 aromatic carbocycles. The molecule has 0 atom stereocenters. The highest BCUT2D eigenvalue weighted by atomic mass is 15.4. The summed E-state index contributed by atoms with van der Waals surface area (Å²) < 4.78 is 1.64. The molecule has 0 bridgehead atoms. The van der Waals surface area contributed by atoms with Crippen LogP contribution < -0.4 is 0 Å². The average molecular weight is 198 g/mol. The van der Waals surface area contributed by atoms with E-state index in [-0.39, 0.29) is 0 Å². The molecule has 0 saturated heterocycles. The van der Waals surface area contributed by atoms with E-state index in [1.54, 1.807) is 11.7 Å². The maximum atomic E-state index is 8.84. The van der Waals surface area contributed by atoms with Crippen LogP contribution in [0.1, 0.15) is 17.0 Å². The van der Waals surface area contributed by atoms with Crippen molar-refractivity contribution in [3.05, 3.63) is 47.3 Å². The van der Waals surface area contributed by atoms with Crippen LogP contribution in [0.3, 0.4) is 0 Å². The van der Waals surface area contributed by atoms with Gasteiger partial charge < -0.3 is 0 Å². The van der Waals surface area contributed by atoms with Crippen LogP contribution in [0, 0.1) is 11.3 Å². The molecule has 1 heterocycles. The molecule has 0 unspecified atom stereocenters. The Bertz CT molecular complexity index is 493. The second-order valence-electron chi connectivity index (χ2n) is 3.28. The Hall–Kier alpha value is -2.15. The fourth-order valence-corrected chi connectivity index (χ4v) is 1.45. The standard InChI is InChI=1S/C11H10N4/c1-15-11(10(8-12)13-14-15)7-9-5-3-2-4-6-9/h2-6H,7H2,1H3. The van der Waals surface area contributed by atoms with E-state index in [1.807, 2.05) is 36.4 Å². The number of nitrogens with zero attached hydrogens (tertiary/aromatic N) is 4. The van der Waals surface area contributed by atoms with Gasteiger partial charge in [-0.3, -0.25) is 4.68 Å². The lowest BCUT2D eigenvalue weighted by atomic mass is 10.1. The number of rotatable bonds is 2. The van der Waals surface area contributed by atoms with Crippen LogP contribution in [0.4, 0.5) is 0 Å². The van der Waals surface area contributed by atoms with Crippen LogP contribution in [0.2, 0.25) is 0 Å². The van der Waals surface area contributed by atoms with Crippen molar-refractivity contribution in [1.29, 1.82) is 5.26 Å². The van der Waals surface area contributed by atoms with Gasteiger partial charge in [0.05, 0.1) is 5.69 Å². The Labute approximate surface area is 87.8 Å². The highest BCUT2D eigenvalue weighted by molar-refractivity contribution is 5.30. The molecule has 0 fully saturated rings. The molecule has 74 valence electrons. The molecule has 15 heavy (non-hydrogen) atoms. The van der Waals surface area contributed by atoms with E-state index in [9.17, 15) is 0 Å². The summed E-state index contributed by atoms with van der Waals surface area (Å²) in [4.78, 5) is 0. The smallest absolute Gasteiger partial charge is 0.186 e. The van der Waals surface area contributed by atoms with E-state index in [0.717, 1.165) is 11.3 Å². The van der Waals surface area contributed by atoms with Crippen LogP contribution in [0.15, 0.2) is 30.3 Å². The zero-order valence-electron chi connectivity index (χ0n) is 8.38. The first-order chi connectivity index (χ1) is 7.31. The summed E-state index contributed by atoms with van der Waals surface area (Å²) >= 11 is 0. The molecule has 1 aromatic heterocycles. The normalized spacial score (nSPS) is 9.87. The van der Waals surface area contributed by atoms with Gasteiger partial charge in [0.1, 0.15) is 6.07 Å². The minimum atomic E-state index is 0.404. The van der Waals surface area contributed by atoms with Gasteiger partial charge >= 0.3 is 0 Å². The Morgan fingerprint density at radius 3 is 2.73 bits per heavy atom. The van der Waals surface area contributed by atoms with E-state index in [4.69, 9.17) is 5.26 Å². The first kappa shape index (κ1) is 9.41. The van der Waals surface area contributed by atoms with Crippen molar-refractivity contribution in [2.75, 3.05) is 0 Å². The third kappa shape index (κ3) is 1.86. The quantitative estimate of drug-likeness (QED) is 0.730. The van der Waals surface area contributed by atoms with Crippen molar-refractivity contribution in [3.63, 3.8) is 0 Å². The van der Waals surface area contributed by atoms with E-state index < -0.39 is 0 Å². The summed E-state index contributed by atoms with van der Waals surface area (Å²) in [6.45, 7) is 0. The summed E-state index contributed by atoms with van der Waals surface area (Å²) in [5, 5.41) is 16.5. The van der Waals surface area contributed by atoms with Crippen LogP contribution in [-0.4, -0.2) is 15.0 Å². The third-order valence-corrected chi connectivity index (χ3v) is 2.26. The van der Waals surface area contributed by atoms with Gasteiger partial charge in [-0.15, -0.1) is 5.10 Å². The van der Waals surface area contributed by atoms with E-state index >= 15 is 0 Å². The van der Waals surface area contributed by atoms with Crippen LogP contribution in [0.5, 0.6) is 0 Å². The minimum absolute atomic E-state index is 0.404. The molecule has 0 saturated carbocycles. The number of aryl methyl sites for hydroxylation is 1. The first-order valence-corrected chi connectivity index (χ1v) is 4.64. The Kier molecular flexibility index (Phi) is 2.46. The van der Waals surface area contributed by atoms with Crippen LogP contribution in [0.25, 0.3) is 0 Å². The first-order valence-electron chi connectivity index (χ1n) is 4.64. The highest BCUT2D eigenvalue weighted by Gasteiger charge is 2.09. The van der Waals surface area contributed by atoms with Crippen molar-refractivity contribution < 1.29 is 0 Å². The zero-order chi connectivity index (χ0) is 10.7. The summed E-state index contributed by atoms with van der Waals surface area (Å²) in [6.07, 6.45) is 0.688. The molecule has 0 amide bonds. The van der Waals surface area contributed by atoms with Crippen LogP contribution >= 0.6 is 0 Å². The summed E-state index contributed by atoms with van der Waals surface area (Å²) in [7, 11) is 1.80. The SMILES string of the molecule is Cn1nnc(C#N)c1Cc1ccccc1. The average Bonchev–Trinajstić information content (AvgIpc) is 2.62. The van der Waals surface area contributed by atoms with Crippen molar-refractivity contribution >= 4 is 0 Å². The molecular weight excluding hydrogens is 188 g/mol. The Balaban J connectivity index is 2.33. The van der Waals surface area contributed by atoms with Gasteiger partial charge in [0, 0.05) is 13.5 Å². The van der Waals surface area contributed by atoms with Crippen molar-refractivity contribution in [2.24, 2.45) is 7.05 Å². The molecule has 2 rings (SSSR count). The van der Waals surface area contributed by atoms with Crippen molar-refractivity contribution in [1.82, 2.24) is 15.0 Å². The monoisotopic (exact) mass is 198 g/mol. The van der Waals surface area contributed by atoms with Crippen molar-refractivity contribution in [3.8, 4) is 6.07 Å². The number of nitriles is 1. The third-order valence-electron chi connectivity index (χ3n) is 2.26. The molecule has 0 aliphatic carbocycles. The molecule has 0 N–H and O–H groups in total. The fourth-order valence-electron chi connectivity index (χ4n) is 1.45. The van der Waals surface area contributed by atoms with Gasteiger partial charge in [-0.05, 0) is 5.56 Å². The molecule has 2 aromatic rings. The number of aromatic nitrogens is 3. The van der Waals surface area contributed by atoms with Gasteiger partial charge in [-0.1, -0.05) is 35.5 Å². The maximum Gasteiger partial charge on any atom is 0.186 e.